The highest BCUT2D eigenvalue weighted by Crippen LogP contribution is 2.34. The van der Waals surface area contributed by atoms with E-state index in [0.29, 0.717) is 0 Å². The fraction of sp³-hybridized carbons (Fsp3) is 0.647. The molecule has 19 heavy (non-hydrogen) atoms. The molecule has 1 heterocycles. The third-order valence-corrected chi connectivity index (χ3v) is 4.53. The molecule has 0 aliphatic carbocycles. The van der Waals surface area contributed by atoms with Crippen LogP contribution in [0.25, 0.3) is 0 Å². The molecule has 0 bridgehead atoms. The maximum atomic E-state index is 3.76. The maximum Gasteiger partial charge on any atom is 0.0132 e. The van der Waals surface area contributed by atoms with Crippen LogP contribution < -0.4 is 5.32 Å². The molecule has 2 rings (SSSR count). The number of nitrogens with one attached hydrogen (secondary N) is 1. The van der Waals surface area contributed by atoms with E-state index in [0.717, 1.165) is 12.1 Å². The summed E-state index contributed by atoms with van der Waals surface area (Å²) in [6.07, 6.45) is 4.79. The van der Waals surface area contributed by atoms with Gasteiger partial charge in [0.15, 0.2) is 0 Å². The summed E-state index contributed by atoms with van der Waals surface area (Å²) in [6, 6.07) is 9.14. The lowest BCUT2D eigenvalue weighted by atomic mass is 9.74. The van der Waals surface area contributed by atoms with Crippen LogP contribution in [0, 0.1) is 5.92 Å². The van der Waals surface area contributed by atoms with Crippen LogP contribution in [0.15, 0.2) is 24.3 Å². The first-order chi connectivity index (χ1) is 8.80. The fourth-order valence-electron chi connectivity index (χ4n) is 3.82. The Morgan fingerprint density at radius 2 is 1.47 bits per heavy atom. The molecule has 0 saturated carbocycles. The lowest BCUT2D eigenvalue weighted by Gasteiger charge is -2.46. The van der Waals surface area contributed by atoms with Crippen LogP contribution in [0.5, 0.6) is 0 Å². The highest BCUT2D eigenvalue weighted by molar-refractivity contribution is 7.15. The van der Waals surface area contributed by atoms with Gasteiger partial charge in [0.05, 0.1) is 0 Å². The quantitative estimate of drug-likeness (QED) is 0.818. The normalized spacial score (nSPS) is 22.4. The van der Waals surface area contributed by atoms with Gasteiger partial charge in [0.1, 0.15) is 0 Å². The van der Waals surface area contributed by atoms with Gasteiger partial charge in [0.2, 0.25) is 0 Å². The van der Waals surface area contributed by atoms with Crippen molar-refractivity contribution in [3.63, 3.8) is 0 Å². The summed E-state index contributed by atoms with van der Waals surface area (Å²) in [5, 5.41) is 3.76. The van der Waals surface area contributed by atoms with Crippen molar-refractivity contribution in [2.24, 2.45) is 5.92 Å². The van der Waals surface area contributed by atoms with E-state index in [4.69, 9.17) is 0 Å². The zero-order chi connectivity index (χ0) is 14.1. The molecule has 1 nitrogen and oxygen atoms in total. The predicted molar refractivity (Wildman–Crippen MR) is 87.6 cm³/mol. The Bertz CT molecular complexity index is 403. The molecule has 0 amide bonds. The van der Waals surface area contributed by atoms with E-state index in [2.05, 4.69) is 66.5 Å². The summed E-state index contributed by atoms with van der Waals surface area (Å²) < 4.78 is 0. The summed E-state index contributed by atoms with van der Waals surface area (Å²) in [4.78, 5) is 0. The van der Waals surface area contributed by atoms with E-state index in [9.17, 15) is 0 Å². The third-order valence-electron chi connectivity index (χ3n) is 4.06. The average molecular weight is 277 g/mol. The first-order valence-corrected chi connectivity index (χ1v) is 8.19. The minimum atomic E-state index is 0.256. The smallest absolute Gasteiger partial charge is 0.0132 e. The lowest BCUT2D eigenvalue weighted by molar-refractivity contribution is 0.128. The van der Waals surface area contributed by atoms with Crippen molar-refractivity contribution in [1.29, 1.82) is 0 Å². The molecule has 1 fully saturated rings. The second kappa shape index (κ2) is 5.54. The Labute approximate surface area is 120 Å². The van der Waals surface area contributed by atoms with E-state index in [-0.39, 0.29) is 11.1 Å². The zero-order valence-corrected chi connectivity index (χ0v) is 13.9. The van der Waals surface area contributed by atoms with E-state index < -0.39 is 0 Å². The van der Waals surface area contributed by atoms with Crippen molar-refractivity contribution < 1.29 is 0 Å². The van der Waals surface area contributed by atoms with Gasteiger partial charge in [-0.3, -0.25) is 0 Å². The van der Waals surface area contributed by atoms with Crippen LogP contribution in [0.3, 0.4) is 0 Å². The van der Waals surface area contributed by atoms with Gasteiger partial charge in [-0.1, -0.05) is 24.3 Å². The largest absolute Gasteiger partial charge is 0.307 e. The van der Waals surface area contributed by atoms with Gasteiger partial charge in [-0.15, -0.1) is 9.24 Å². The lowest BCUT2D eigenvalue weighted by Crippen LogP contribution is -2.58. The van der Waals surface area contributed by atoms with Gasteiger partial charge in [-0.05, 0) is 70.2 Å². The minimum absolute atomic E-state index is 0.256. The van der Waals surface area contributed by atoms with Gasteiger partial charge in [0, 0.05) is 11.1 Å². The maximum absolute atomic E-state index is 3.76. The molecule has 1 aromatic carbocycles. The summed E-state index contributed by atoms with van der Waals surface area (Å²) in [6.45, 7) is 9.33. The molecule has 1 saturated heterocycles. The van der Waals surface area contributed by atoms with E-state index >= 15 is 0 Å². The number of rotatable bonds is 3. The third kappa shape index (κ3) is 4.29. The Balaban J connectivity index is 2.05. The molecule has 1 N–H and O–H groups in total. The van der Waals surface area contributed by atoms with Crippen LogP contribution >= 0.6 is 9.24 Å². The van der Waals surface area contributed by atoms with Crippen LogP contribution in [-0.2, 0) is 12.6 Å². The van der Waals surface area contributed by atoms with E-state index in [1.165, 1.54) is 30.4 Å². The summed E-state index contributed by atoms with van der Waals surface area (Å²) in [5.74, 6) is 0.785. The standard InChI is InChI=1S/C17H28NP/c1-16(2)10-15(11-17(3,4)18-16)9-13-5-7-14(12-19)8-6-13/h5-8,15,18H,9-12,19H2,1-4H3. The molecule has 1 atom stereocenters. The minimum Gasteiger partial charge on any atom is -0.307 e. The van der Waals surface area contributed by atoms with Gasteiger partial charge >= 0.3 is 0 Å². The molecule has 1 unspecified atom stereocenters. The first-order valence-electron chi connectivity index (χ1n) is 7.37. The van der Waals surface area contributed by atoms with Crippen molar-refractivity contribution in [1.82, 2.24) is 5.32 Å². The van der Waals surface area contributed by atoms with E-state index in [1.54, 1.807) is 0 Å². The number of benzene rings is 1. The predicted octanol–water partition coefficient (Wildman–Crippen LogP) is 4.16. The van der Waals surface area contributed by atoms with Gasteiger partial charge < -0.3 is 5.32 Å². The van der Waals surface area contributed by atoms with Crippen molar-refractivity contribution in [2.45, 2.75) is 64.2 Å². The molecule has 1 aliphatic heterocycles. The van der Waals surface area contributed by atoms with Crippen molar-refractivity contribution in [3.8, 4) is 0 Å². The Morgan fingerprint density at radius 1 is 1.00 bits per heavy atom. The van der Waals surface area contributed by atoms with Crippen LogP contribution in [-0.4, -0.2) is 11.1 Å². The summed E-state index contributed by atoms with van der Waals surface area (Å²) in [7, 11) is 2.79. The van der Waals surface area contributed by atoms with Crippen LogP contribution in [0.2, 0.25) is 0 Å². The van der Waals surface area contributed by atoms with Crippen LogP contribution in [0.4, 0.5) is 0 Å². The SMILES string of the molecule is CC1(C)CC(Cc2ccc(CP)cc2)CC(C)(C)N1. The topological polar surface area (TPSA) is 12.0 Å². The molecular formula is C17H28NP. The Hall–Kier alpha value is -0.390. The van der Waals surface area contributed by atoms with Gasteiger partial charge in [-0.2, -0.15) is 0 Å². The Morgan fingerprint density at radius 3 is 1.95 bits per heavy atom. The number of hydrogen-bond donors (Lipinski definition) is 1. The second-order valence-corrected chi connectivity index (χ2v) is 7.80. The summed E-state index contributed by atoms with van der Waals surface area (Å²) in [5.41, 5.74) is 3.40. The Kier molecular flexibility index (Phi) is 4.38. The second-order valence-electron chi connectivity index (χ2n) is 7.39. The molecule has 1 aliphatic rings. The van der Waals surface area contributed by atoms with Gasteiger partial charge in [-0.25, -0.2) is 0 Å². The average Bonchev–Trinajstić information content (AvgIpc) is 2.25. The van der Waals surface area contributed by atoms with Gasteiger partial charge in [0.25, 0.3) is 0 Å². The highest BCUT2D eigenvalue weighted by Gasteiger charge is 2.37. The fourth-order valence-corrected chi connectivity index (χ4v) is 4.09. The van der Waals surface area contributed by atoms with E-state index in [1.807, 2.05) is 0 Å². The van der Waals surface area contributed by atoms with Crippen molar-refractivity contribution >= 4 is 9.24 Å². The monoisotopic (exact) mass is 277 g/mol. The zero-order valence-electron chi connectivity index (χ0n) is 12.8. The first kappa shape index (κ1) is 15.0. The summed E-state index contributed by atoms with van der Waals surface area (Å²) >= 11 is 0. The molecule has 0 spiro atoms. The molecule has 106 valence electrons. The molecule has 1 aromatic rings. The molecular weight excluding hydrogens is 249 g/mol. The molecule has 2 heteroatoms. The molecule has 0 radical (unpaired) electrons. The molecule has 0 aromatic heterocycles. The number of hydrogen-bond acceptors (Lipinski definition) is 1. The van der Waals surface area contributed by atoms with Crippen molar-refractivity contribution in [2.75, 3.05) is 0 Å². The number of piperidine rings is 1. The van der Waals surface area contributed by atoms with Crippen LogP contribution in [0.1, 0.15) is 51.7 Å². The van der Waals surface area contributed by atoms with Crippen molar-refractivity contribution in [3.05, 3.63) is 35.4 Å². The highest BCUT2D eigenvalue weighted by atomic mass is 31.0.